The van der Waals surface area contributed by atoms with Crippen molar-refractivity contribution in [1.29, 1.82) is 0 Å². The third-order valence-corrected chi connectivity index (χ3v) is 3.71. The molecule has 0 aromatic carbocycles. The van der Waals surface area contributed by atoms with Crippen molar-refractivity contribution in [2.24, 2.45) is 5.92 Å². The Morgan fingerprint density at radius 1 is 1.53 bits per heavy atom. The first-order valence-corrected chi connectivity index (χ1v) is 7.24. The second-order valence-electron chi connectivity index (χ2n) is 5.38. The zero-order valence-electron chi connectivity index (χ0n) is 10.9. The van der Waals surface area contributed by atoms with E-state index >= 15 is 0 Å². The summed E-state index contributed by atoms with van der Waals surface area (Å²) < 4.78 is 5.34. The molecule has 0 aliphatic carbocycles. The van der Waals surface area contributed by atoms with Crippen molar-refractivity contribution in [2.45, 2.75) is 32.8 Å². The summed E-state index contributed by atoms with van der Waals surface area (Å²) in [5.74, 6) is 2.34. The van der Waals surface area contributed by atoms with Crippen LogP contribution in [0.15, 0.2) is 0 Å². The Hall–Kier alpha value is -0.420. The monoisotopic (exact) mass is 261 g/mol. The molecule has 4 nitrogen and oxygen atoms in total. The summed E-state index contributed by atoms with van der Waals surface area (Å²) in [7, 11) is 0. The number of carbonyl (C=O) groups is 1. The molecule has 0 aromatic rings. The largest absolute Gasteiger partial charge is 0.444 e. The zero-order chi connectivity index (χ0) is 12.9. The highest BCUT2D eigenvalue weighted by Gasteiger charge is 2.29. The van der Waals surface area contributed by atoms with Crippen LogP contribution in [0.2, 0.25) is 0 Å². The third-order valence-electron chi connectivity index (χ3n) is 2.53. The lowest BCUT2D eigenvalue weighted by Gasteiger charge is -2.24. The molecule has 0 spiro atoms. The first-order valence-electron chi connectivity index (χ1n) is 6.09. The van der Waals surface area contributed by atoms with Crippen molar-refractivity contribution in [2.75, 3.05) is 31.2 Å². The van der Waals surface area contributed by atoms with Crippen molar-refractivity contribution >= 4 is 17.9 Å². The Morgan fingerprint density at radius 3 is 2.82 bits per heavy atom. The quantitative estimate of drug-likeness (QED) is 0.786. The normalized spacial score (nSPS) is 20.7. The molecular weight excluding hydrogens is 238 g/mol. The molecule has 100 valence electrons. The zero-order valence-corrected chi connectivity index (χ0v) is 11.8. The van der Waals surface area contributed by atoms with E-state index in [-0.39, 0.29) is 12.7 Å². The van der Waals surface area contributed by atoms with Gasteiger partial charge in [0.05, 0.1) is 6.61 Å². The summed E-state index contributed by atoms with van der Waals surface area (Å²) in [6.07, 6.45) is 0.838. The molecule has 1 heterocycles. The molecule has 5 heteroatoms. The molecule has 1 N–H and O–H groups in total. The van der Waals surface area contributed by atoms with Crippen LogP contribution in [0.5, 0.6) is 0 Å². The van der Waals surface area contributed by atoms with Crippen molar-refractivity contribution in [1.82, 2.24) is 4.90 Å². The van der Waals surface area contributed by atoms with Crippen LogP contribution in [0, 0.1) is 5.92 Å². The van der Waals surface area contributed by atoms with Crippen LogP contribution < -0.4 is 0 Å². The molecule has 1 fully saturated rings. The van der Waals surface area contributed by atoms with Crippen LogP contribution in [0.3, 0.4) is 0 Å². The molecule has 1 aliphatic rings. The fourth-order valence-corrected chi connectivity index (χ4v) is 2.68. The van der Waals surface area contributed by atoms with Gasteiger partial charge in [0.15, 0.2) is 0 Å². The summed E-state index contributed by atoms with van der Waals surface area (Å²) in [5, 5.41) is 8.70. The first kappa shape index (κ1) is 14.6. The van der Waals surface area contributed by atoms with Crippen LogP contribution in [0.25, 0.3) is 0 Å². The van der Waals surface area contributed by atoms with E-state index < -0.39 is 5.60 Å². The fraction of sp³-hybridized carbons (Fsp3) is 0.917. The highest BCUT2D eigenvalue weighted by molar-refractivity contribution is 7.99. The van der Waals surface area contributed by atoms with Gasteiger partial charge < -0.3 is 14.7 Å². The SMILES string of the molecule is CC(C)(C)OC(=O)N1CC[C@H](CSCCO)C1. The minimum atomic E-state index is -0.416. The number of rotatable bonds is 4. The number of hydrogen-bond acceptors (Lipinski definition) is 4. The summed E-state index contributed by atoms with van der Waals surface area (Å²) in [6, 6.07) is 0. The molecule has 1 atom stereocenters. The second kappa shape index (κ2) is 6.50. The molecule has 0 radical (unpaired) electrons. The van der Waals surface area contributed by atoms with Crippen molar-refractivity contribution in [3.05, 3.63) is 0 Å². The second-order valence-corrected chi connectivity index (χ2v) is 6.53. The number of amides is 1. The Bertz CT molecular complexity index is 253. The van der Waals surface area contributed by atoms with Gasteiger partial charge in [-0.2, -0.15) is 11.8 Å². The van der Waals surface area contributed by atoms with E-state index in [0.29, 0.717) is 5.92 Å². The van der Waals surface area contributed by atoms with Crippen molar-refractivity contribution in [3.8, 4) is 0 Å². The topological polar surface area (TPSA) is 49.8 Å². The minimum absolute atomic E-state index is 0.202. The molecule has 1 aliphatic heterocycles. The lowest BCUT2D eigenvalue weighted by atomic mass is 10.2. The number of ether oxygens (including phenoxy) is 1. The molecule has 0 saturated carbocycles. The van der Waals surface area contributed by atoms with E-state index in [2.05, 4.69) is 0 Å². The Labute approximate surface area is 108 Å². The molecule has 0 bridgehead atoms. The molecule has 17 heavy (non-hydrogen) atoms. The summed E-state index contributed by atoms with van der Waals surface area (Å²) in [4.78, 5) is 13.6. The van der Waals surface area contributed by atoms with Gasteiger partial charge in [0.25, 0.3) is 0 Å². The Morgan fingerprint density at radius 2 is 2.24 bits per heavy atom. The summed E-state index contributed by atoms with van der Waals surface area (Å²) in [6.45, 7) is 7.46. The van der Waals surface area contributed by atoms with Gasteiger partial charge in [0, 0.05) is 18.8 Å². The van der Waals surface area contributed by atoms with E-state index in [1.165, 1.54) is 0 Å². The van der Waals surface area contributed by atoms with Gasteiger partial charge >= 0.3 is 6.09 Å². The van der Waals surface area contributed by atoms with Gasteiger partial charge in [-0.25, -0.2) is 4.79 Å². The number of nitrogens with zero attached hydrogens (tertiary/aromatic N) is 1. The molecule has 0 aromatic heterocycles. The summed E-state index contributed by atoms with van der Waals surface area (Å²) in [5.41, 5.74) is -0.416. The fourth-order valence-electron chi connectivity index (χ4n) is 1.78. The lowest BCUT2D eigenvalue weighted by molar-refractivity contribution is 0.0289. The van der Waals surface area contributed by atoms with Crippen molar-refractivity contribution in [3.63, 3.8) is 0 Å². The molecular formula is C12H23NO3S. The van der Waals surface area contributed by atoms with E-state index in [1.54, 1.807) is 16.7 Å². The third kappa shape index (κ3) is 5.64. The van der Waals surface area contributed by atoms with E-state index in [9.17, 15) is 4.79 Å². The Kier molecular flexibility index (Phi) is 5.59. The van der Waals surface area contributed by atoms with Gasteiger partial charge in [-0.1, -0.05) is 0 Å². The smallest absolute Gasteiger partial charge is 0.410 e. The van der Waals surface area contributed by atoms with Gasteiger partial charge in [-0.05, 0) is 38.9 Å². The predicted octanol–water partition coefficient (Wildman–Crippen LogP) is 1.97. The molecule has 1 saturated heterocycles. The molecule has 1 rings (SSSR count). The maximum Gasteiger partial charge on any atom is 0.410 e. The van der Waals surface area contributed by atoms with Crippen LogP contribution in [-0.4, -0.2) is 52.9 Å². The highest BCUT2D eigenvalue weighted by atomic mass is 32.2. The standard InChI is InChI=1S/C12H23NO3S/c1-12(2,3)16-11(15)13-5-4-10(8-13)9-17-7-6-14/h10,14H,4-9H2,1-3H3/t10-/m0/s1. The van der Waals surface area contributed by atoms with E-state index in [4.69, 9.17) is 9.84 Å². The number of carbonyl (C=O) groups excluding carboxylic acids is 1. The van der Waals surface area contributed by atoms with E-state index in [0.717, 1.165) is 31.0 Å². The minimum Gasteiger partial charge on any atom is -0.444 e. The van der Waals surface area contributed by atoms with Crippen LogP contribution in [0.4, 0.5) is 4.79 Å². The lowest BCUT2D eigenvalue weighted by Crippen LogP contribution is -2.35. The van der Waals surface area contributed by atoms with Gasteiger partial charge in [0.1, 0.15) is 5.60 Å². The molecule has 0 unspecified atom stereocenters. The molecule has 1 amide bonds. The maximum atomic E-state index is 11.8. The van der Waals surface area contributed by atoms with E-state index in [1.807, 2.05) is 20.8 Å². The number of aliphatic hydroxyl groups is 1. The van der Waals surface area contributed by atoms with Crippen LogP contribution in [0.1, 0.15) is 27.2 Å². The number of aliphatic hydroxyl groups excluding tert-OH is 1. The van der Waals surface area contributed by atoms with Crippen molar-refractivity contribution < 1.29 is 14.6 Å². The van der Waals surface area contributed by atoms with Gasteiger partial charge in [-0.3, -0.25) is 0 Å². The number of likely N-dealkylation sites (tertiary alicyclic amines) is 1. The number of thioether (sulfide) groups is 1. The average Bonchev–Trinajstić information content (AvgIpc) is 2.64. The number of hydrogen-bond donors (Lipinski definition) is 1. The summed E-state index contributed by atoms with van der Waals surface area (Å²) >= 11 is 1.75. The average molecular weight is 261 g/mol. The Balaban J connectivity index is 2.27. The highest BCUT2D eigenvalue weighted by Crippen LogP contribution is 2.22. The van der Waals surface area contributed by atoms with Crippen LogP contribution >= 0.6 is 11.8 Å². The van der Waals surface area contributed by atoms with Gasteiger partial charge in [-0.15, -0.1) is 0 Å². The van der Waals surface area contributed by atoms with Gasteiger partial charge in [0.2, 0.25) is 0 Å². The maximum absolute atomic E-state index is 11.8. The predicted molar refractivity (Wildman–Crippen MR) is 70.3 cm³/mol. The van der Waals surface area contributed by atoms with Crippen LogP contribution in [-0.2, 0) is 4.74 Å². The first-order chi connectivity index (χ1) is 7.92.